The number of hydrogen-bond acceptors (Lipinski definition) is 9. The summed E-state index contributed by atoms with van der Waals surface area (Å²) in [6, 6.07) is 5.09. The third-order valence-electron chi connectivity index (χ3n) is 2.76. The lowest BCUT2D eigenvalue weighted by Gasteiger charge is -2.09. The van der Waals surface area contributed by atoms with Gasteiger partial charge in [-0.25, -0.2) is 10.5 Å². The Morgan fingerprint density at radius 3 is 2.43 bits per heavy atom. The van der Waals surface area contributed by atoms with Crippen LogP contribution < -0.4 is 31.9 Å². The van der Waals surface area contributed by atoms with Gasteiger partial charge in [-0.1, -0.05) is 11.8 Å². The molecule has 2 rings (SSSR count). The number of hydrogen-bond donors (Lipinski definition) is 4. The Morgan fingerprint density at radius 1 is 1.26 bits per heavy atom. The van der Waals surface area contributed by atoms with Crippen LogP contribution in [0.4, 0.5) is 11.6 Å². The van der Waals surface area contributed by atoms with E-state index in [1.807, 2.05) is 0 Å². The molecule has 0 atom stereocenters. The fourth-order valence-electron chi connectivity index (χ4n) is 1.68. The monoisotopic (exact) mass is 339 g/mol. The van der Waals surface area contributed by atoms with Crippen molar-refractivity contribution in [2.75, 3.05) is 36.6 Å². The van der Waals surface area contributed by atoms with Crippen LogP contribution >= 0.6 is 11.8 Å². The number of carbonyl (C=O) groups is 1. The highest BCUT2D eigenvalue weighted by atomic mass is 32.2. The number of ether oxygens (including phenoxy) is 2. The van der Waals surface area contributed by atoms with Gasteiger partial charge in [-0.15, -0.1) is 10.2 Å². The van der Waals surface area contributed by atoms with Crippen LogP contribution in [-0.2, 0) is 4.79 Å². The van der Waals surface area contributed by atoms with Gasteiger partial charge in [0.15, 0.2) is 0 Å². The van der Waals surface area contributed by atoms with Gasteiger partial charge in [0.05, 0.1) is 20.0 Å². The van der Waals surface area contributed by atoms with Crippen molar-refractivity contribution in [3.8, 4) is 11.5 Å². The second kappa shape index (κ2) is 7.56. The molecular formula is C12H17N7O3S. The summed E-state index contributed by atoms with van der Waals surface area (Å²) in [6.45, 7) is 0. The molecule has 0 fully saturated rings. The maximum Gasteiger partial charge on any atom is 0.258 e. The van der Waals surface area contributed by atoms with Crippen molar-refractivity contribution >= 4 is 29.3 Å². The van der Waals surface area contributed by atoms with Crippen LogP contribution in [0.5, 0.6) is 11.5 Å². The molecule has 0 aliphatic rings. The SMILES string of the molecule is COc1cc(NC(=O)CSc2nnc(NN)n2N)cc(OC)c1. The summed E-state index contributed by atoms with van der Waals surface area (Å²) in [5.41, 5.74) is 2.85. The van der Waals surface area contributed by atoms with E-state index in [0.717, 1.165) is 16.4 Å². The van der Waals surface area contributed by atoms with E-state index in [1.54, 1.807) is 18.2 Å². The normalized spacial score (nSPS) is 10.2. The number of nitrogens with zero attached hydrogens (tertiary/aromatic N) is 3. The van der Waals surface area contributed by atoms with Crippen molar-refractivity contribution < 1.29 is 14.3 Å². The molecule has 10 nitrogen and oxygen atoms in total. The third kappa shape index (κ3) is 4.17. The second-order valence-electron chi connectivity index (χ2n) is 4.26. The first-order chi connectivity index (χ1) is 11.1. The fraction of sp³-hybridized carbons (Fsp3) is 0.250. The minimum absolute atomic E-state index is 0.0967. The highest BCUT2D eigenvalue weighted by molar-refractivity contribution is 7.99. The molecule has 1 aromatic heterocycles. The van der Waals surface area contributed by atoms with E-state index in [1.165, 1.54) is 14.2 Å². The first-order valence-electron chi connectivity index (χ1n) is 6.40. The molecule has 0 aliphatic carbocycles. The van der Waals surface area contributed by atoms with Crippen molar-refractivity contribution in [2.45, 2.75) is 5.16 Å². The number of nitrogens with two attached hydrogens (primary N) is 2. The lowest BCUT2D eigenvalue weighted by Crippen LogP contribution is -2.19. The topological polar surface area (TPSA) is 142 Å². The summed E-state index contributed by atoms with van der Waals surface area (Å²) >= 11 is 1.12. The number of aromatic nitrogens is 3. The van der Waals surface area contributed by atoms with Gasteiger partial charge >= 0.3 is 0 Å². The van der Waals surface area contributed by atoms with Crippen LogP contribution in [0.2, 0.25) is 0 Å². The molecular weight excluding hydrogens is 322 g/mol. The maximum absolute atomic E-state index is 12.0. The zero-order chi connectivity index (χ0) is 16.8. The number of nitrogen functional groups attached to an aromatic ring is 2. The fourth-order valence-corrected chi connectivity index (χ4v) is 2.34. The average molecular weight is 339 g/mol. The van der Waals surface area contributed by atoms with Gasteiger partial charge < -0.3 is 20.6 Å². The van der Waals surface area contributed by atoms with E-state index in [-0.39, 0.29) is 17.6 Å². The zero-order valence-corrected chi connectivity index (χ0v) is 13.4. The predicted octanol–water partition coefficient (Wildman–Crippen LogP) is 0.0255. The first kappa shape index (κ1) is 16.7. The van der Waals surface area contributed by atoms with Gasteiger partial charge in [0.2, 0.25) is 11.1 Å². The number of thioether (sulfide) groups is 1. The molecule has 0 bridgehead atoms. The number of hydrazine groups is 1. The second-order valence-corrected chi connectivity index (χ2v) is 5.20. The first-order valence-corrected chi connectivity index (χ1v) is 7.38. The highest BCUT2D eigenvalue weighted by Crippen LogP contribution is 2.26. The summed E-state index contributed by atoms with van der Waals surface area (Å²) in [7, 11) is 3.07. The number of benzene rings is 1. The van der Waals surface area contributed by atoms with Crippen LogP contribution in [0.3, 0.4) is 0 Å². The summed E-state index contributed by atoms with van der Waals surface area (Å²) < 4.78 is 11.5. The molecule has 0 spiro atoms. The van der Waals surface area contributed by atoms with Crippen molar-refractivity contribution in [3.05, 3.63) is 18.2 Å². The summed E-state index contributed by atoms with van der Waals surface area (Å²) in [5.74, 6) is 12.1. The Balaban J connectivity index is 1.98. The molecule has 6 N–H and O–H groups in total. The Labute approximate surface area is 136 Å². The molecule has 2 aromatic rings. The summed E-state index contributed by atoms with van der Waals surface area (Å²) in [5, 5.41) is 10.6. The van der Waals surface area contributed by atoms with Crippen LogP contribution in [0.15, 0.2) is 23.4 Å². The molecule has 0 radical (unpaired) electrons. The zero-order valence-electron chi connectivity index (χ0n) is 12.6. The largest absolute Gasteiger partial charge is 0.497 e. The van der Waals surface area contributed by atoms with E-state index in [0.29, 0.717) is 22.3 Å². The number of methoxy groups -OCH3 is 2. The standard InChI is InChI=1S/C12H17N7O3S/c1-21-8-3-7(4-9(5-8)22-2)15-10(20)6-23-12-18-17-11(16-13)19(12)14/h3-5H,6,13-14H2,1-2H3,(H,15,20)(H,16,17). The van der Waals surface area contributed by atoms with Crippen molar-refractivity contribution in [3.63, 3.8) is 0 Å². The van der Waals surface area contributed by atoms with E-state index >= 15 is 0 Å². The van der Waals surface area contributed by atoms with Gasteiger partial charge in [-0.3, -0.25) is 10.2 Å². The Morgan fingerprint density at radius 2 is 1.91 bits per heavy atom. The molecule has 0 saturated carbocycles. The molecule has 11 heteroatoms. The quantitative estimate of drug-likeness (QED) is 0.312. The molecule has 0 unspecified atom stereocenters. The van der Waals surface area contributed by atoms with Gasteiger partial charge in [-0.2, -0.15) is 0 Å². The van der Waals surface area contributed by atoms with Crippen molar-refractivity contribution in [1.29, 1.82) is 0 Å². The Kier molecular flexibility index (Phi) is 5.49. The maximum atomic E-state index is 12.0. The van der Waals surface area contributed by atoms with Crippen LogP contribution in [0.25, 0.3) is 0 Å². The van der Waals surface area contributed by atoms with Gasteiger partial charge in [0.1, 0.15) is 11.5 Å². The van der Waals surface area contributed by atoms with Gasteiger partial charge in [-0.05, 0) is 0 Å². The number of anilines is 2. The smallest absolute Gasteiger partial charge is 0.258 e. The lowest BCUT2D eigenvalue weighted by atomic mass is 10.2. The van der Waals surface area contributed by atoms with Crippen molar-refractivity contribution in [1.82, 2.24) is 14.9 Å². The van der Waals surface area contributed by atoms with Crippen LogP contribution in [0.1, 0.15) is 0 Å². The Hall–Kier alpha value is -2.66. The molecule has 23 heavy (non-hydrogen) atoms. The summed E-state index contributed by atoms with van der Waals surface area (Å²) in [6.07, 6.45) is 0. The molecule has 1 amide bonds. The number of amides is 1. The average Bonchev–Trinajstić information content (AvgIpc) is 2.92. The predicted molar refractivity (Wildman–Crippen MR) is 86.9 cm³/mol. The molecule has 0 saturated heterocycles. The number of carbonyl (C=O) groups excluding carboxylic acids is 1. The minimum atomic E-state index is -0.240. The van der Waals surface area contributed by atoms with Gasteiger partial charge in [0, 0.05) is 23.9 Å². The van der Waals surface area contributed by atoms with E-state index < -0.39 is 0 Å². The number of nitrogens with one attached hydrogen (secondary N) is 2. The summed E-state index contributed by atoms with van der Waals surface area (Å²) in [4.78, 5) is 12.0. The van der Waals surface area contributed by atoms with E-state index in [9.17, 15) is 4.79 Å². The van der Waals surface area contributed by atoms with Crippen molar-refractivity contribution in [2.24, 2.45) is 5.84 Å². The Bertz CT molecular complexity index is 669. The van der Waals surface area contributed by atoms with E-state index in [2.05, 4.69) is 20.9 Å². The molecule has 1 aromatic carbocycles. The number of rotatable bonds is 7. The van der Waals surface area contributed by atoms with E-state index in [4.69, 9.17) is 21.2 Å². The lowest BCUT2D eigenvalue weighted by molar-refractivity contribution is -0.113. The van der Waals surface area contributed by atoms with Crippen LogP contribution in [0, 0.1) is 0 Å². The minimum Gasteiger partial charge on any atom is -0.497 e. The molecule has 124 valence electrons. The van der Waals surface area contributed by atoms with Crippen LogP contribution in [-0.4, -0.2) is 40.8 Å². The highest BCUT2D eigenvalue weighted by Gasteiger charge is 2.12. The molecule has 1 heterocycles. The van der Waals surface area contributed by atoms with Gasteiger partial charge in [0.25, 0.3) is 5.95 Å². The third-order valence-corrected chi connectivity index (χ3v) is 3.70. The molecule has 0 aliphatic heterocycles.